The Morgan fingerprint density at radius 1 is 0.931 bits per heavy atom. The number of benzene rings is 2. The van der Waals surface area contributed by atoms with E-state index < -0.39 is 5.82 Å². The molecule has 8 heteroatoms. The number of nitrogens with zero attached hydrogens (tertiary/aromatic N) is 3. The van der Waals surface area contributed by atoms with E-state index >= 15 is 0 Å². The zero-order valence-corrected chi connectivity index (χ0v) is 16.4. The Hall–Kier alpha value is -3.26. The van der Waals surface area contributed by atoms with Gasteiger partial charge < -0.3 is 9.80 Å². The van der Waals surface area contributed by atoms with Crippen molar-refractivity contribution in [3.05, 3.63) is 72.2 Å². The van der Waals surface area contributed by atoms with E-state index in [1.165, 1.54) is 23.5 Å². The monoisotopic (exact) mass is 410 g/mol. The minimum Gasteiger partial charge on any atom is -0.335 e. The number of piperazine rings is 1. The van der Waals surface area contributed by atoms with Gasteiger partial charge in [0, 0.05) is 32.4 Å². The van der Waals surface area contributed by atoms with Crippen LogP contribution in [0.2, 0.25) is 0 Å². The van der Waals surface area contributed by atoms with E-state index in [1.807, 2.05) is 30.3 Å². The number of anilines is 1. The van der Waals surface area contributed by atoms with E-state index in [-0.39, 0.29) is 17.5 Å². The van der Waals surface area contributed by atoms with Crippen LogP contribution in [-0.2, 0) is 0 Å². The Balaban J connectivity index is 1.33. The zero-order chi connectivity index (χ0) is 20.2. The van der Waals surface area contributed by atoms with Crippen LogP contribution in [0.1, 0.15) is 10.4 Å². The summed E-state index contributed by atoms with van der Waals surface area (Å²) in [6, 6.07) is 15.5. The minimum atomic E-state index is -0.532. The smallest absolute Gasteiger partial charge is 0.323 e. The van der Waals surface area contributed by atoms with Crippen LogP contribution >= 0.6 is 11.3 Å². The second kappa shape index (κ2) is 8.40. The van der Waals surface area contributed by atoms with Crippen LogP contribution in [0.25, 0.3) is 10.4 Å². The quantitative estimate of drug-likeness (QED) is 0.711. The van der Waals surface area contributed by atoms with Crippen molar-refractivity contribution in [3.63, 3.8) is 0 Å². The normalized spacial score (nSPS) is 14.0. The number of aromatic nitrogens is 1. The fourth-order valence-corrected chi connectivity index (χ4v) is 3.97. The maximum atomic E-state index is 13.8. The van der Waals surface area contributed by atoms with Crippen LogP contribution in [0.4, 0.5) is 14.3 Å². The third-order valence-corrected chi connectivity index (χ3v) is 5.70. The van der Waals surface area contributed by atoms with Crippen molar-refractivity contribution in [3.8, 4) is 10.4 Å². The molecule has 3 amide bonds. The standard InChI is InChI=1S/C21H19FN4O2S/c22-17-9-5-4-8-16(17)19(27)25-10-12-26(13-11-25)21(28)24-20-23-14-18(29-20)15-6-2-1-3-7-15/h1-9,14H,10-13H2,(H,23,24,28). The number of urea groups is 1. The summed E-state index contributed by atoms with van der Waals surface area (Å²) in [7, 11) is 0. The lowest BCUT2D eigenvalue weighted by molar-refractivity contribution is 0.0667. The first-order valence-electron chi connectivity index (χ1n) is 9.23. The van der Waals surface area contributed by atoms with Gasteiger partial charge in [-0.15, -0.1) is 0 Å². The molecule has 148 valence electrons. The molecule has 0 spiro atoms. The summed E-state index contributed by atoms with van der Waals surface area (Å²) in [5, 5.41) is 3.34. The second-order valence-electron chi connectivity index (χ2n) is 6.58. The molecule has 4 rings (SSSR count). The average Bonchev–Trinajstić information content (AvgIpc) is 3.23. The highest BCUT2D eigenvalue weighted by Crippen LogP contribution is 2.28. The number of amides is 3. The van der Waals surface area contributed by atoms with E-state index in [2.05, 4.69) is 10.3 Å². The molecule has 0 atom stereocenters. The molecule has 0 unspecified atom stereocenters. The van der Waals surface area contributed by atoms with Crippen molar-refractivity contribution >= 4 is 28.4 Å². The van der Waals surface area contributed by atoms with Crippen LogP contribution < -0.4 is 5.32 Å². The lowest BCUT2D eigenvalue weighted by atomic mass is 10.1. The van der Waals surface area contributed by atoms with Gasteiger partial charge in [-0.2, -0.15) is 0 Å². The number of thiazole rings is 1. The summed E-state index contributed by atoms with van der Waals surface area (Å²) in [6.07, 6.45) is 1.74. The van der Waals surface area contributed by atoms with E-state index in [0.29, 0.717) is 31.3 Å². The lowest BCUT2D eigenvalue weighted by Gasteiger charge is -2.34. The molecule has 1 aromatic heterocycles. The molecule has 29 heavy (non-hydrogen) atoms. The molecule has 3 aromatic rings. The molecule has 1 fully saturated rings. The third kappa shape index (κ3) is 4.27. The molecule has 0 saturated carbocycles. The summed E-state index contributed by atoms with van der Waals surface area (Å²) >= 11 is 1.41. The van der Waals surface area contributed by atoms with Gasteiger partial charge in [-0.1, -0.05) is 53.8 Å². The fraction of sp³-hybridized carbons (Fsp3) is 0.190. The topological polar surface area (TPSA) is 65.5 Å². The van der Waals surface area contributed by atoms with Crippen LogP contribution in [-0.4, -0.2) is 52.9 Å². The zero-order valence-electron chi connectivity index (χ0n) is 15.5. The number of hydrogen-bond donors (Lipinski definition) is 1. The highest BCUT2D eigenvalue weighted by molar-refractivity contribution is 7.19. The second-order valence-corrected chi connectivity index (χ2v) is 7.62. The molecule has 0 aliphatic carbocycles. The Labute approximate surface area is 171 Å². The van der Waals surface area contributed by atoms with E-state index in [1.54, 1.807) is 28.1 Å². The average molecular weight is 410 g/mol. The van der Waals surface area contributed by atoms with Gasteiger partial charge in [0.2, 0.25) is 0 Å². The first-order chi connectivity index (χ1) is 14.1. The summed E-state index contributed by atoms with van der Waals surface area (Å²) in [5.41, 5.74) is 1.10. The maximum absolute atomic E-state index is 13.8. The summed E-state index contributed by atoms with van der Waals surface area (Å²) in [6.45, 7) is 1.47. The largest absolute Gasteiger partial charge is 0.335 e. The van der Waals surface area contributed by atoms with Crippen LogP contribution in [0.5, 0.6) is 0 Å². The minimum absolute atomic E-state index is 0.0571. The highest BCUT2D eigenvalue weighted by atomic mass is 32.1. The predicted molar refractivity (Wildman–Crippen MR) is 110 cm³/mol. The van der Waals surface area contributed by atoms with Crippen LogP contribution in [0, 0.1) is 5.82 Å². The van der Waals surface area contributed by atoms with E-state index in [4.69, 9.17) is 0 Å². The molecule has 6 nitrogen and oxygen atoms in total. The Morgan fingerprint density at radius 2 is 1.59 bits per heavy atom. The number of halogens is 1. The van der Waals surface area contributed by atoms with Crippen molar-refractivity contribution in [2.75, 3.05) is 31.5 Å². The van der Waals surface area contributed by atoms with Crippen molar-refractivity contribution < 1.29 is 14.0 Å². The number of carbonyl (C=O) groups excluding carboxylic acids is 2. The highest BCUT2D eigenvalue weighted by Gasteiger charge is 2.26. The summed E-state index contributed by atoms with van der Waals surface area (Å²) in [4.78, 5) is 33.5. The van der Waals surface area contributed by atoms with Crippen molar-refractivity contribution in [1.29, 1.82) is 0 Å². The molecule has 2 heterocycles. The van der Waals surface area contributed by atoms with Crippen LogP contribution in [0.15, 0.2) is 60.8 Å². The predicted octanol–water partition coefficient (Wildman–Crippen LogP) is 3.94. The van der Waals surface area contributed by atoms with Crippen molar-refractivity contribution in [2.45, 2.75) is 0 Å². The number of nitrogens with one attached hydrogen (secondary N) is 1. The SMILES string of the molecule is O=C(Nc1ncc(-c2ccccc2)s1)N1CCN(C(=O)c2ccccc2F)CC1. The fourth-order valence-electron chi connectivity index (χ4n) is 3.16. The first-order valence-corrected chi connectivity index (χ1v) is 10.0. The third-order valence-electron chi connectivity index (χ3n) is 4.74. The molecule has 1 saturated heterocycles. The van der Waals surface area contributed by atoms with Gasteiger partial charge in [-0.3, -0.25) is 10.1 Å². The number of carbonyl (C=O) groups is 2. The van der Waals surface area contributed by atoms with Gasteiger partial charge in [-0.05, 0) is 17.7 Å². The molecule has 0 bridgehead atoms. The van der Waals surface area contributed by atoms with Gasteiger partial charge in [0.1, 0.15) is 5.82 Å². The van der Waals surface area contributed by atoms with Gasteiger partial charge in [0.05, 0.1) is 10.4 Å². The number of rotatable bonds is 3. The van der Waals surface area contributed by atoms with Crippen LogP contribution in [0.3, 0.4) is 0 Å². The maximum Gasteiger partial charge on any atom is 0.323 e. The first kappa shape index (κ1) is 19.1. The van der Waals surface area contributed by atoms with Gasteiger partial charge in [-0.25, -0.2) is 14.2 Å². The Kier molecular flexibility index (Phi) is 5.53. The van der Waals surface area contributed by atoms with E-state index in [9.17, 15) is 14.0 Å². The Morgan fingerprint density at radius 3 is 2.31 bits per heavy atom. The molecule has 1 aliphatic heterocycles. The summed E-state index contributed by atoms with van der Waals surface area (Å²) < 4.78 is 13.8. The molecule has 0 radical (unpaired) electrons. The molecular formula is C21H19FN4O2S. The number of hydrogen-bond acceptors (Lipinski definition) is 4. The molecule has 2 aromatic carbocycles. The van der Waals surface area contributed by atoms with E-state index in [0.717, 1.165) is 10.4 Å². The van der Waals surface area contributed by atoms with Gasteiger partial charge in [0.15, 0.2) is 5.13 Å². The van der Waals surface area contributed by atoms with Gasteiger partial charge in [0.25, 0.3) is 5.91 Å². The van der Waals surface area contributed by atoms with Crippen molar-refractivity contribution in [2.24, 2.45) is 0 Å². The molecule has 1 N–H and O–H groups in total. The molecule has 1 aliphatic rings. The lowest BCUT2D eigenvalue weighted by Crippen LogP contribution is -2.51. The Bertz CT molecular complexity index is 1020. The van der Waals surface area contributed by atoms with Crippen molar-refractivity contribution in [1.82, 2.24) is 14.8 Å². The molecular weight excluding hydrogens is 391 g/mol. The van der Waals surface area contributed by atoms with Gasteiger partial charge >= 0.3 is 6.03 Å². The summed E-state index contributed by atoms with van der Waals surface area (Å²) in [5.74, 6) is -0.883.